The molecular formula is C23H30N2O2Si. The Morgan fingerprint density at radius 2 is 1.29 bits per heavy atom. The van der Waals surface area contributed by atoms with Gasteiger partial charge in [0, 0.05) is 6.42 Å². The van der Waals surface area contributed by atoms with Gasteiger partial charge in [0.25, 0.3) is 5.91 Å². The zero-order valence-electron chi connectivity index (χ0n) is 17.1. The molecule has 0 saturated carbocycles. The number of nitrogens with zero attached hydrogens (tertiary/aromatic N) is 2. The third-order valence-corrected chi connectivity index (χ3v) is 11.7. The van der Waals surface area contributed by atoms with E-state index in [1.807, 2.05) is 65.2 Å². The third kappa shape index (κ3) is 3.76. The summed E-state index contributed by atoms with van der Waals surface area (Å²) >= 11 is 0. The molecule has 1 atom stereocenters. The molecule has 1 aliphatic rings. The Hall–Kier alpha value is -2.40. The predicted molar refractivity (Wildman–Crippen MR) is 115 cm³/mol. The summed E-state index contributed by atoms with van der Waals surface area (Å²) in [4.78, 5) is 28.4. The van der Waals surface area contributed by atoms with Crippen molar-refractivity contribution in [3.63, 3.8) is 0 Å². The van der Waals surface area contributed by atoms with Crippen LogP contribution in [0.15, 0.2) is 60.7 Å². The van der Waals surface area contributed by atoms with Gasteiger partial charge in [-0.05, 0) is 29.3 Å². The molecule has 5 heteroatoms. The average Bonchev–Trinajstić information content (AvgIpc) is 2.97. The van der Waals surface area contributed by atoms with Gasteiger partial charge in [-0.15, -0.1) is 0 Å². The Morgan fingerprint density at radius 3 is 1.79 bits per heavy atom. The second-order valence-electron chi connectivity index (χ2n) is 7.55. The van der Waals surface area contributed by atoms with Crippen LogP contribution in [0.25, 0.3) is 0 Å². The minimum Gasteiger partial charge on any atom is -0.340 e. The summed E-state index contributed by atoms with van der Waals surface area (Å²) < 4.78 is 2.03. The zero-order valence-corrected chi connectivity index (χ0v) is 18.1. The van der Waals surface area contributed by atoms with Crippen molar-refractivity contribution in [2.24, 2.45) is 0 Å². The van der Waals surface area contributed by atoms with Crippen molar-refractivity contribution in [3.05, 3.63) is 71.8 Å². The summed E-state index contributed by atoms with van der Waals surface area (Å²) in [6.07, 6.45) is 0.589. The van der Waals surface area contributed by atoms with E-state index < -0.39 is 8.24 Å². The summed E-state index contributed by atoms with van der Waals surface area (Å²) in [6, 6.07) is 22.3. The van der Waals surface area contributed by atoms with Gasteiger partial charge in [0.2, 0.25) is 0 Å². The van der Waals surface area contributed by atoms with E-state index in [9.17, 15) is 9.59 Å². The number of rotatable bonds is 8. The van der Waals surface area contributed by atoms with Crippen LogP contribution in [0, 0.1) is 0 Å². The number of benzene rings is 2. The lowest BCUT2D eigenvalue weighted by atomic mass is 10.1. The van der Waals surface area contributed by atoms with Crippen LogP contribution in [0.1, 0.15) is 31.9 Å². The van der Waals surface area contributed by atoms with Crippen LogP contribution in [0.3, 0.4) is 0 Å². The largest absolute Gasteiger partial charge is 0.340 e. The molecule has 2 aromatic rings. The normalized spacial score (nSPS) is 17.5. The first-order valence-electron chi connectivity index (χ1n) is 10.3. The first-order valence-corrected chi connectivity index (χ1v) is 12.9. The summed E-state index contributed by atoms with van der Waals surface area (Å²) in [5.41, 5.74) is 2.09. The lowest BCUT2D eigenvalue weighted by Crippen LogP contribution is -2.57. The van der Waals surface area contributed by atoms with Crippen LogP contribution >= 0.6 is 0 Å². The van der Waals surface area contributed by atoms with Crippen LogP contribution < -0.4 is 0 Å². The van der Waals surface area contributed by atoms with Gasteiger partial charge < -0.3 is 4.57 Å². The van der Waals surface area contributed by atoms with Crippen LogP contribution in [-0.4, -0.2) is 35.7 Å². The minimum absolute atomic E-state index is 0.0510. The van der Waals surface area contributed by atoms with Crippen molar-refractivity contribution < 1.29 is 9.59 Å². The van der Waals surface area contributed by atoms with Gasteiger partial charge in [-0.2, -0.15) is 0 Å². The van der Waals surface area contributed by atoms with E-state index in [1.54, 1.807) is 0 Å². The van der Waals surface area contributed by atoms with Crippen molar-refractivity contribution in [1.82, 2.24) is 9.47 Å². The highest BCUT2D eigenvalue weighted by atomic mass is 28.3. The highest BCUT2D eigenvalue weighted by molar-refractivity contribution is 6.79. The number of amides is 3. The molecule has 3 amide bonds. The fourth-order valence-corrected chi connectivity index (χ4v) is 8.28. The summed E-state index contributed by atoms with van der Waals surface area (Å²) in [5.74, 6) is -0.0510. The zero-order chi connectivity index (χ0) is 20.1. The van der Waals surface area contributed by atoms with Gasteiger partial charge in [-0.1, -0.05) is 81.4 Å². The van der Waals surface area contributed by atoms with Crippen molar-refractivity contribution >= 4 is 20.2 Å². The molecule has 28 heavy (non-hydrogen) atoms. The number of carbonyl (C=O) groups excluding carboxylic acids is 2. The molecule has 4 nitrogen and oxygen atoms in total. The molecule has 0 aliphatic carbocycles. The molecule has 1 heterocycles. The molecule has 3 rings (SSSR count). The van der Waals surface area contributed by atoms with Gasteiger partial charge in [0.15, 0.2) is 8.24 Å². The molecule has 2 aromatic carbocycles. The predicted octanol–water partition coefficient (Wildman–Crippen LogP) is 5.07. The number of hydrogen-bond acceptors (Lipinski definition) is 2. The summed E-state index contributed by atoms with van der Waals surface area (Å²) in [5, 5.41) is 0. The Morgan fingerprint density at radius 1 is 0.786 bits per heavy atom. The van der Waals surface area contributed by atoms with Crippen LogP contribution in [0.4, 0.5) is 4.79 Å². The van der Waals surface area contributed by atoms with Gasteiger partial charge >= 0.3 is 6.03 Å². The monoisotopic (exact) mass is 394 g/mol. The molecule has 1 unspecified atom stereocenters. The van der Waals surface area contributed by atoms with Crippen molar-refractivity contribution in [3.8, 4) is 0 Å². The molecule has 1 aliphatic heterocycles. The van der Waals surface area contributed by atoms with Crippen molar-refractivity contribution in [2.75, 3.05) is 0 Å². The van der Waals surface area contributed by atoms with E-state index >= 15 is 0 Å². The van der Waals surface area contributed by atoms with Crippen LogP contribution in [-0.2, 0) is 17.8 Å². The number of urea groups is 1. The van der Waals surface area contributed by atoms with Crippen molar-refractivity contribution in [2.45, 2.75) is 57.9 Å². The molecule has 0 aromatic heterocycles. The van der Waals surface area contributed by atoms with E-state index in [2.05, 4.69) is 20.8 Å². The van der Waals surface area contributed by atoms with E-state index in [0.717, 1.165) is 29.3 Å². The smallest absolute Gasteiger partial charge is 0.319 e. The molecule has 148 valence electrons. The number of imide groups is 1. The fraction of sp³-hybridized carbons (Fsp3) is 0.391. The Labute approximate surface area is 169 Å². The Bertz CT molecular complexity index is 798. The third-order valence-electron chi connectivity index (χ3n) is 6.24. The second-order valence-corrected chi connectivity index (χ2v) is 12.6. The van der Waals surface area contributed by atoms with E-state index in [-0.39, 0.29) is 18.0 Å². The minimum atomic E-state index is -2.04. The standard InChI is InChI=1S/C23H30N2O2Si/c1-4-28(5-2,6-3)25-21(17-19-13-9-7-10-14-19)22(26)24(23(25)27)18-20-15-11-8-12-16-20/h7-16,21H,4-6,17-18H2,1-3H3. The SMILES string of the molecule is CC[Si](CC)(CC)N1C(=O)N(Cc2ccccc2)C(=O)C1Cc1ccccc1. The first kappa shape index (κ1) is 20.3. The molecule has 0 radical (unpaired) electrons. The van der Waals surface area contributed by atoms with E-state index in [0.29, 0.717) is 13.0 Å². The van der Waals surface area contributed by atoms with Gasteiger partial charge in [-0.3, -0.25) is 9.69 Å². The Kier molecular flexibility index (Phi) is 6.34. The molecule has 0 bridgehead atoms. The number of hydrogen-bond donors (Lipinski definition) is 0. The van der Waals surface area contributed by atoms with E-state index in [4.69, 9.17) is 0 Å². The first-order chi connectivity index (χ1) is 13.6. The average molecular weight is 395 g/mol. The Balaban J connectivity index is 1.97. The maximum Gasteiger partial charge on any atom is 0.319 e. The lowest BCUT2D eigenvalue weighted by molar-refractivity contribution is -0.128. The highest BCUT2D eigenvalue weighted by Gasteiger charge is 2.52. The topological polar surface area (TPSA) is 40.6 Å². The molecular weight excluding hydrogens is 364 g/mol. The van der Waals surface area contributed by atoms with Crippen LogP contribution in [0.2, 0.25) is 18.1 Å². The van der Waals surface area contributed by atoms with Gasteiger partial charge in [-0.25, -0.2) is 4.79 Å². The summed E-state index contributed by atoms with van der Waals surface area (Å²) in [7, 11) is -2.04. The molecule has 0 N–H and O–H groups in total. The van der Waals surface area contributed by atoms with E-state index in [1.165, 1.54) is 4.90 Å². The van der Waals surface area contributed by atoms with Crippen LogP contribution in [0.5, 0.6) is 0 Å². The maximum absolute atomic E-state index is 13.5. The maximum atomic E-state index is 13.5. The molecule has 0 spiro atoms. The second kappa shape index (κ2) is 8.74. The van der Waals surface area contributed by atoms with Gasteiger partial charge in [0.05, 0.1) is 6.54 Å². The number of carbonyl (C=O) groups is 2. The quantitative estimate of drug-likeness (QED) is 0.463. The molecule has 1 fully saturated rings. The van der Waals surface area contributed by atoms with Crippen molar-refractivity contribution in [1.29, 1.82) is 0 Å². The fourth-order valence-electron chi connectivity index (χ4n) is 4.37. The summed E-state index contributed by atoms with van der Waals surface area (Å²) in [6.45, 7) is 6.88. The van der Waals surface area contributed by atoms with Gasteiger partial charge in [0.1, 0.15) is 6.04 Å². The molecule has 1 saturated heterocycles. The highest BCUT2D eigenvalue weighted by Crippen LogP contribution is 2.34. The lowest BCUT2D eigenvalue weighted by Gasteiger charge is -2.40.